The van der Waals surface area contributed by atoms with E-state index in [1.165, 1.54) is 5.56 Å². The van der Waals surface area contributed by atoms with Crippen LogP contribution in [0.15, 0.2) is 84.0 Å². The molecule has 0 aliphatic heterocycles. The fourth-order valence-corrected chi connectivity index (χ4v) is 3.34. The monoisotopic (exact) mass is 458 g/mol. The summed E-state index contributed by atoms with van der Waals surface area (Å²) in [6.07, 6.45) is 2.59. The Morgan fingerprint density at radius 2 is 1.85 bits per heavy atom. The molecule has 4 rings (SSSR count). The number of carbonyl (C=O) groups excluding carboxylic acids is 1. The minimum atomic E-state index is -0.366. The number of amides is 1. The molecule has 0 bridgehead atoms. The number of aromatic nitrogens is 2. The topological polar surface area (TPSA) is 79.4 Å². The molecule has 1 amide bonds. The zero-order valence-electron chi connectivity index (χ0n) is 18.1. The predicted octanol–water partition coefficient (Wildman–Crippen LogP) is 5.64. The summed E-state index contributed by atoms with van der Waals surface area (Å²) < 4.78 is 5.81. The minimum absolute atomic E-state index is 0.322. The highest BCUT2D eigenvalue weighted by molar-refractivity contribution is 6.31. The van der Waals surface area contributed by atoms with Crippen molar-refractivity contribution in [2.24, 2.45) is 5.10 Å². The molecule has 0 spiro atoms. The lowest BCUT2D eigenvalue weighted by Gasteiger charge is -2.08. The van der Waals surface area contributed by atoms with Crippen molar-refractivity contribution in [1.82, 2.24) is 15.6 Å². The van der Waals surface area contributed by atoms with E-state index in [0.29, 0.717) is 28.8 Å². The molecule has 6 nitrogen and oxygen atoms in total. The van der Waals surface area contributed by atoms with Crippen LogP contribution in [0.5, 0.6) is 5.75 Å². The average molecular weight is 459 g/mol. The van der Waals surface area contributed by atoms with Gasteiger partial charge in [-0.15, -0.1) is 0 Å². The number of carbonyl (C=O) groups is 1. The maximum Gasteiger partial charge on any atom is 0.289 e. The molecular formula is C26H23ClN4O2. The van der Waals surface area contributed by atoms with E-state index in [-0.39, 0.29) is 5.91 Å². The molecule has 1 aromatic heterocycles. The number of hydrogen-bond acceptors (Lipinski definition) is 4. The lowest BCUT2D eigenvalue weighted by atomic mass is 10.1. The van der Waals surface area contributed by atoms with Gasteiger partial charge in [0.1, 0.15) is 18.1 Å². The van der Waals surface area contributed by atoms with E-state index in [1.807, 2.05) is 72.8 Å². The SMILES string of the molecule is CCc1ccc(/C=N\NC(=O)c2cc(-c3ccc(OCc4ccccc4Cl)cc3)n[nH]2)cc1. The van der Waals surface area contributed by atoms with E-state index in [1.54, 1.807) is 12.3 Å². The summed E-state index contributed by atoms with van der Waals surface area (Å²) in [5.74, 6) is 0.350. The van der Waals surface area contributed by atoms with Gasteiger partial charge in [0, 0.05) is 16.1 Å². The van der Waals surface area contributed by atoms with Gasteiger partial charge in [-0.05, 0) is 53.9 Å². The molecule has 0 aliphatic carbocycles. The van der Waals surface area contributed by atoms with Crippen molar-refractivity contribution in [2.45, 2.75) is 20.0 Å². The van der Waals surface area contributed by atoms with Crippen molar-refractivity contribution in [3.63, 3.8) is 0 Å². The van der Waals surface area contributed by atoms with Crippen molar-refractivity contribution in [1.29, 1.82) is 0 Å². The first-order valence-corrected chi connectivity index (χ1v) is 10.9. The highest BCUT2D eigenvalue weighted by atomic mass is 35.5. The molecule has 0 atom stereocenters. The van der Waals surface area contributed by atoms with Crippen LogP contribution in [-0.2, 0) is 13.0 Å². The van der Waals surface area contributed by atoms with Crippen LogP contribution in [0.2, 0.25) is 5.02 Å². The van der Waals surface area contributed by atoms with Crippen molar-refractivity contribution in [2.75, 3.05) is 0 Å². The minimum Gasteiger partial charge on any atom is -0.489 e. The summed E-state index contributed by atoms with van der Waals surface area (Å²) in [6.45, 7) is 2.49. The van der Waals surface area contributed by atoms with Gasteiger partial charge in [0.25, 0.3) is 5.91 Å². The van der Waals surface area contributed by atoms with E-state index in [2.05, 4.69) is 27.6 Å². The molecule has 2 N–H and O–H groups in total. The third-order valence-corrected chi connectivity index (χ3v) is 5.46. The molecule has 3 aromatic carbocycles. The van der Waals surface area contributed by atoms with Crippen LogP contribution in [0.25, 0.3) is 11.3 Å². The number of hydrazone groups is 1. The number of aryl methyl sites for hydroxylation is 1. The fourth-order valence-electron chi connectivity index (χ4n) is 3.15. The molecule has 0 fully saturated rings. The highest BCUT2D eigenvalue weighted by Gasteiger charge is 2.11. The lowest BCUT2D eigenvalue weighted by molar-refractivity contribution is 0.0950. The maximum absolute atomic E-state index is 12.4. The second-order valence-electron chi connectivity index (χ2n) is 7.37. The molecule has 0 saturated heterocycles. The van der Waals surface area contributed by atoms with Gasteiger partial charge in [0.05, 0.1) is 11.9 Å². The number of halogens is 1. The van der Waals surface area contributed by atoms with Crippen molar-refractivity contribution in [3.8, 4) is 17.0 Å². The summed E-state index contributed by atoms with van der Waals surface area (Å²) in [4.78, 5) is 12.4. The number of rotatable bonds is 8. The Hall–Kier alpha value is -3.90. The lowest BCUT2D eigenvalue weighted by Crippen LogP contribution is -2.17. The third kappa shape index (κ3) is 5.87. The normalized spacial score (nSPS) is 11.0. The predicted molar refractivity (Wildman–Crippen MR) is 131 cm³/mol. The van der Waals surface area contributed by atoms with Gasteiger partial charge >= 0.3 is 0 Å². The maximum atomic E-state index is 12.4. The third-order valence-electron chi connectivity index (χ3n) is 5.09. The van der Waals surface area contributed by atoms with Gasteiger partial charge in [-0.1, -0.05) is 61.0 Å². The van der Waals surface area contributed by atoms with Crippen LogP contribution in [0, 0.1) is 0 Å². The van der Waals surface area contributed by atoms with Crippen molar-refractivity contribution >= 4 is 23.7 Å². The Morgan fingerprint density at radius 1 is 1.09 bits per heavy atom. The molecule has 0 saturated carbocycles. The molecular weight excluding hydrogens is 436 g/mol. The number of nitrogens with one attached hydrogen (secondary N) is 2. The van der Waals surface area contributed by atoms with Gasteiger partial charge in [-0.2, -0.15) is 10.2 Å². The molecule has 0 aliphatic rings. The number of nitrogens with zero attached hydrogens (tertiary/aromatic N) is 2. The largest absolute Gasteiger partial charge is 0.489 e. The van der Waals surface area contributed by atoms with E-state index in [4.69, 9.17) is 16.3 Å². The first kappa shape index (κ1) is 22.3. The molecule has 7 heteroatoms. The summed E-state index contributed by atoms with van der Waals surface area (Å²) in [6, 6.07) is 24.7. The Kier molecular flexibility index (Phi) is 7.17. The van der Waals surface area contributed by atoms with Gasteiger partial charge in [0.15, 0.2) is 0 Å². The molecule has 4 aromatic rings. The number of hydrogen-bond donors (Lipinski definition) is 2. The van der Waals surface area contributed by atoms with Gasteiger partial charge < -0.3 is 4.74 Å². The first-order valence-electron chi connectivity index (χ1n) is 10.6. The van der Waals surface area contributed by atoms with Crippen LogP contribution in [0.3, 0.4) is 0 Å². The molecule has 33 heavy (non-hydrogen) atoms. The average Bonchev–Trinajstić information content (AvgIpc) is 3.35. The van der Waals surface area contributed by atoms with Crippen molar-refractivity contribution in [3.05, 3.63) is 106 Å². The van der Waals surface area contributed by atoms with Crippen molar-refractivity contribution < 1.29 is 9.53 Å². The summed E-state index contributed by atoms with van der Waals surface area (Å²) in [5.41, 5.74) is 7.43. The van der Waals surface area contributed by atoms with Crippen LogP contribution in [-0.4, -0.2) is 22.3 Å². The van der Waals surface area contributed by atoms with Gasteiger partial charge in [0.2, 0.25) is 0 Å². The molecule has 1 heterocycles. The fraction of sp³-hybridized carbons (Fsp3) is 0.115. The van der Waals surface area contributed by atoms with Crippen LogP contribution < -0.4 is 10.2 Å². The van der Waals surface area contributed by atoms with E-state index in [0.717, 1.165) is 23.1 Å². The zero-order chi connectivity index (χ0) is 23.0. The second-order valence-corrected chi connectivity index (χ2v) is 7.77. The van der Waals surface area contributed by atoms with Crippen LogP contribution in [0.1, 0.15) is 34.1 Å². The summed E-state index contributed by atoms with van der Waals surface area (Å²) in [5, 5.41) is 11.7. The van der Waals surface area contributed by atoms with E-state index >= 15 is 0 Å². The first-order chi connectivity index (χ1) is 16.1. The standard InChI is InChI=1S/C26H23ClN4O2/c1-2-18-7-9-19(10-8-18)16-28-31-26(32)25-15-24(29-30-25)20-11-13-22(14-12-20)33-17-21-5-3-4-6-23(21)27/h3-16H,2,17H2,1H3,(H,29,30)(H,31,32)/b28-16-. The summed E-state index contributed by atoms with van der Waals surface area (Å²) >= 11 is 6.16. The van der Waals surface area contributed by atoms with Crippen LogP contribution >= 0.6 is 11.6 Å². The highest BCUT2D eigenvalue weighted by Crippen LogP contribution is 2.23. The Balaban J connectivity index is 1.33. The number of benzene rings is 3. The van der Waals surface area contributed by atoms with Gasteiger partial charge in [-0.3, -0.25) is 9.89 Å². The van der Waals surface area contributed by atoms with E-state index < -0.39 is 0 Å². The summed E-state index contributed by atoms with van der Waals surface area (Å²) in [7, 11) is 0. The number of aromatic amines is 1. The number of ether oxygens (including phenoxy) is 1. The van der Waals surface area contributed by atoms with Crippen LogP contribution in [0.4, 0.5) is 0 Å². The Bertz CT molecular complexity index is 1250. The Morgan fingerprint density at radius 3 is 2.58 bits per heavy atom. The Labute approximate surface area is 197 Å². The zero-order valence-corrected chi connectivity index (χ0v) is 18.8. The van der Waals surface area contributed by atoms with Gasteiger partial charge in [-0.25, -0.2) is 5.43 Å². The molecule has 0 radical (unpaired) electrons. The molecule has 0 unspecified atom stereocenters. The quantitative estimate of drug-likeness (QED) is 0.265. The molecule has 166 valence electrons. The number of H-pyrrole nitrogens is 1. The second kappa shape index (κ2) is 10.6. The smallest absolute Gasteiger partial charge is 0.289 e. The van der Waals surface area contributed by atoms with E-state index in [9.17, 15) is 4.79 Å².